The first kappa shape index (κ1) is 23.7. The molecule has 0 aliphatic carbocycles. The Bertz CT molecular complexity index is 822. The van der Waals surface area contributed by atoms with Crippen LogP contribution in [-0.2, 0) is 4.84 Å². The van der Waals surface area contributed by atoms with Gasteiger partial charge in [0, 0.05) is 5.38 Å². The molecule has 30 heavy (non-hydrogen) atoms. The highest BCUT2D eigenvalue weighted by Gasteiger charge is 2.08. The predicted molar refractivity (Wildman–Crippen MR) is 122 cm³/mol. The Labute approximate surface area is 183 Å². The minimum absolute atomic E-state index is 0.584. The molecule has 0 aliphatic rings. The largest absolute Gasteiger partial charge is 0.493 e. The molecule has 0 radical (unpaired) electrons. The van der Waals surface area contributed by atoms with Crippen LogP contribution in [0.1, 0.15) is 49.9 Å². The summed E-state index contributed by atoms with van der Waals surface area (Å²) in [6, 6.07) is 4.06. The lowest BCUT2D eigenvalue weighted by Crippen LogP contribution is -2.03. The SMILES string of the molecule is C/C=C/COc1cc(C)c(OCCCCCOc2nc(/C(C)=N/OC)cs2)c(C)c1. The molecule has 0 fully saturated rings. The van der Waals surface area contributed by atoms with Crippen molar-refractivity contribution in [3.05, 3.63) is 46.5 Å². The second-order valence-electron chi connectivity index (χ2n) is 6.88. The van der Waals surface area contributed by atoms with E-state index in [1.165, 1.54) is 18.4 Å². The second-order valence-corrected chi connectivity index (χ2v) is 7.70. The average molecular weight is 433 g/mol. The van der Waals surface area contributed by atoms with Gasteiger partial charge in [0.15, 0.2) is 0 Å². The van der Waals surface area contributed by atoms with Gasteiger partial charge in [0.05, 0.1) is 13.2 Å². The van der Waals surface area contributed by atoms with Gasteiger partial charge in [-0.1, -0.05) is 28.6 Å². The van der Waals surface area contributed by atoms with Crippen LogP contribution in [0.4, 0.5) is 0 Å². The molecule has 164 valence electrons. The smallest absolute Gasteiger partial charge is 0.273 e. The maximum Gasteiger partial charge on any atom is 0.273 e. The number of hydrogen-bond acceptors (Lipinski definition) is 7. The van der Waals surface area contributed by atoms with Gasteiger partial charge < -0.3 is 19.0 Å². The van der Waals surface area contributed by atoms with E-state index in [2.05, 4.69) is 24.0 Å². The van der Waals surface area contributed by atoms with Crippen molar-refractivity contribution in [1.29, 1.82) is 0 Å². The Hall–Kier alpha value is -2.54. The van der Waals surface area contributed by atoms with E-state index in [1.54, 1.807) is 0 Å². The van der Waals surface area contributed by atoms with Gasteiger partial charge in [-0.15, -0.1) is 0 Å². The molecule has 1 aromatic carbocycles. The molecule has 0 unspecified atom stereocenters. The number of oxime groups is 1. The van der Waals surface area contributed by atoms with Crippen molar-refractivity contribution in [3.63, 3.8) is 0 Å². The normalized spacial score (nSPS) is 11.7. The van der Waals surface area contributed by atoms with E-state index in [-0.39, 0.29) is 0 Å². The van der Waals surface area contributed by atoms with Crippen LogP contribution in [0.5, 0.6) is 16.7 Å². The van der Waals surface area contributed by atoms with E-state index in [0.29, 0.717) is 25.0 Å². The Balaban J connectivity index is 1.66. The maximum atomic E-state index is 6.02. The van der Waals surface area contributed by atoms with Crippen LogP contribution >= 0.6 is 11.3 Å². The second kappa shape index (κ2) is 12.9. The summed E-state index contributed by atoms with van der Waals surface area (Å²) in [6.07, 6.45) is 6.94. The zero-order valence-electron chi connectivity index (χ0n) is 18.6. The fourth-order valence-electron chi connectivity index (χ4n) is 2.85. The number of thiazole rings is 1. The number of aryl methyl sites for hydroxylation is 2. The minimum atomic E-state index is 0.584. The van der Waals surface area contributed by atoms with Gasteiger partial charge in [-0.05, 0) is 70.2 Å². The van der Waals surface area contributed by atoms with E-state index >= 15 is 0 Å². The zero-order chi connectivity index (χ0) is 21.8. The fourth-order valence-corrected chi connectivity index (χ4v) is 3.59. The van der Waals surface area contributed by atoms with E-state index in [0.717, 1.165) is 53.3 Å². The predicted octanol–water partition coefficient (Wildman–Crippen LogP) is 5.71. The molecule has 1 aromatic heterocycles. The van der Waals surface area contributed by atoms with Gasteiger partial charge in [0.1, 0.15) is 36.6 Å². The van der Waals surface area contributed by atoms with E-state index in [4.69, 9.17) is 19.0 Å². The van der Waals surface area contributed by atoms with Crippen LogP contribution in [0.2, 0.25) is 0 Å². The first-order valence-corrected chi connectivity index (χ1v) is 11.1. The van der Waals surface area contributed by atoms with E-state index < -0.39 is 0 Å². The van der Waals surface area contributed by atoms with Gasteiger partial charge in [-0.25, -0.2) is 4.98 Å². The molecule has 0 atom stereocenters. The van der Waals surface area contributed by atoms with Crippen molar-refractivity contribution in [1.82, 2.24) is 4.98 Å². The topological polar surface area (TPSA) is 62.2 Å². The standard InChI is InChI=1S/C23H32N2O4S/c1-6-7-11-27-20-14-17(2)22(18(3)15-20)28-12-9-8-10-13-29-23-24-21(16-30-23)19(4)25-26-5/h6-7,14-16H,8-13H2,1-5H3/b7-6+,25-19+. The Morgan fingerprint density at radius 3 is 2.43 bits per heavy atom. The van der Waals surface area contributed by atoms with Crippen molar-refractivity contribution in [2.75, 3.05) is 26.9 Å². The summed E-state index contributed by atoms with van der Waals surface area (Å²) in [5, 5.41) is 6.46. The van der Waals surface area contributed by atoms with Gasteiger partial charge >= 0.3 is 0 Å². The molecule has 0 saturated heterocycles. The summed E-state index contributed by atoms with van der Waals surface area (Å²) in [5.74, 6) is 1.83. The lowest BCUT2D eigenvalue weighted by atomic mass is 10.1. The number of unbranched alkanes of at least 4 members (excludes halogenated alkanes) is 2. The Kier molecular flexibility index (Phi) is 10.2. The van der Waals surface area contributed by atoms with E-state index in [1.807, 2.05) is 43.5 Å². The summed E-state index contributed by atoms with van der Waals surface area (Å²) in [7, 11) is 1.52. The third kappa shape index (κ3) is 7.71. The van der Waals surface area contributed by atoms with Crippen LogP contribution in [0.3, 0.4) is 0 Å². The molecule has 0 bridgehead atoms. The number of ether oxygens (including phenoxy) is 3. The highest BCUT2D eigenvalue weighted by atomic mass is 32.1. The number of nitrogens with zero attached hydrogens (tertiary/aromatic N) is 2. The molecule has 1 heterocycles. The van der Waals surface area contributed by atoms with Crippen molar-refractivity contribution in [3.8, 4) is 16.7 Å². The summed E-state index contributed by atoms with van der Waals surface area (Å²) >= 11 is 1.47. The molecular weight excluding hydrogens is 400 g/mol. The monoisotopic (exact) mass is 432 g/mol. The van der Waals surface area contributed by atoms with Crippen LogP contribution in [0.25, 0.3) is 0 Å². The average Bonchev–Trinajstić information content (AvgIpc) is 3.18. The Morgan fingerprint density at radius 2 is 1.77 bits per heavy atom. The van der Waals surface area contributed by atoms with E-state index in [9.17, 15) is 0 Å². The van der Waals surface area contributed by atoms with Crippen LogP contribution in [0, 0.1) is 13.8 Å². The number of rotatable bonds is 13. The highest BCUT2D eigenvalue weighted by Crippen LogP contribution is 2.28. The third-order valence-corrected chi connectivity index (χ3v) is 5.11. The summed E-state index contributed by atoms with van der Waals surface area (Å²) in [5.41, 5.74) is 3.72. The molecule has 0 aliphatic heterocycles. The van der Waals surface area contributed by atoms with Gasteiger partial charge in [-0.2, -0.15) is 0 Å². The number of benzene rings is 1. The number of allylic oxidation sites excluding steroid dienone is 1. The van der Waals surface area contributed by atoms with Crippen LogP contribution < -0.4 is 14.2 Å². The molecule has 0 saturated carbocycles. The summed E-state index contributed by atoms with van der Waals surface area (Å²) in [6.45, 7) is 9.87. The molecule has 0 amide bonds. The maximum absolute atomic E-state index is 6.02. The number of hydrogen-bond donors (Lipinski definition) is 0. The Morgan fingerprint density at radius 1 is 1.07 bits per heavy atom. The van der Waals surface area contributed by atoms with Gasteiger partial charge in [0.25, 0.3) is 5.19 Å². The molecule has 6 nitrogen and oxygen atoms in total. The highest BCUT2D eigenvalue weighted by molar-refractivity contribution is 7.11. The van der Waals surface area contributed by atoms with Crippen molar-refractivity contribution >= 4 is 17.0 Å². The van der Waals surface area contributed by atoms with Gasteiger partial charge in [-0.3, -0.25) is 0 Å². The first-order valence-electron chi connectivity index (χ1n) is 10.2. The van der Waals surface area contributed by atoms with Gasteiger partial charge in [0.2, 0.25) is 0 Å². The lowest BCUT2D eigenvalue weighted by molar-refractivity contribution is 0.213. The molecule has 2 aromatic rings. The van der Waals surface area contributed by atoms with Crippen molar-refractivity contribution in [2.24, 2.45) is 5.16 Å². The molecular formula is C23H32N2O4S. The first-order chi connectivity index (χ1) is 14.5. The fraction of sp³-hybridized carbons (Fsp3) is 0.478. The molecule has 0 spiro atoms. The van der Waals surface area contributed by atoms with Crippen molar-refractivity contribution in [2.45, 2.75) is 47.0 Å². The summed E-state index contributed by atoms with van der Waals surface area (Å²) in [4.78, 5) is 9.17. The van der Waals surface area contributed by atoms with Crippen molar-refractivity contribution < 1.29 is 19.0 Å². The number of aromatic nitrogens is 1. The van der Waals surface area contributed by atoms with Crippen LogP contribution in [-0.4, -0.2) is 37.6 Å². The molecule has 2 rings (SSSR count). The van der Waals surface area contributed by atoms with Crippen LogP contribution in [0.15, 0.2) is 34.8 Å². The summed E-state index contributed by atoms with van der Waals surface area (Å²) < 4.78 is 17.5. The molecule has 0 N–H and O–H groups in total. The zero-order valence-corrected chi connectivity index (χ0v) is 19.4. The minimum Gasteiger partial charge on any atom is -0.493 e. The third-order valence-electron chi connectivity index (χ3n) is 4.36. The molecule has 7 heteroatoms. The lowest BCUT2D eigenvalue weighted by Gasteiger charge is -2.14. The quantitative estimate of drug-likeness (QED) is 0.175.